The van der Waals surface area contributed by atoms with E-state index < -0.39 is 6.36 Å². The number of anilines is 1. The van der Waals surface area contributed by atoms with Crippen LogP contribution in [-0.2, 0) is 6.42 Å². The highest BCUT2D eigenvalue weighted by Gasteiger charge is 2.31. The van der Waals surface area contributed by atoms with Gasteiger partial charge >= 0.3 is 12.4 Å². The number of aliphatic imine (C=N–C) groups is 1. The van der Waals surface area contributed by atoms with Crippen LogP contribution in [0.2, 0.25) is 0 Å². The molecule has 2 amide bonds. The molecule has 0 radical (unpaired) electrons. The topological polar surface area (TPSA) is 84.6 Å². The molecule has 4 aromatic rings. The Balaban J connectivity index is 1.10. The maximum atomic E-state index is 14.0. The van der Waals surface area contributed by atoms with Gasteiger partial charge in [0.2, 0.25) is 0 Å². The van der Waals surface area contributed by atoms with E-state index in [2.05, 4.69) is 37.0 Å². The second-order valence-electron chi connectivity index (χ2n) is 11.5. The molecule has 3 aromatic carbocycles. The molecule has 5 rings (SSSR count). The molecule has 248 valence electrons. The zero-order valence-electron chi connectivity index (χ0n) is 26.3. The van der Waals surface area contributed by atoms with Gasteiger partial charge in [-0.2, -0.15) is 4.99 Å². The van der Waals surface area contributed by atoms with Crippen LogP contribution in [0.5, 0.6) is 5.75 Å². The van der Waals surface area contributed by atoms with Crippen molar-refractivity contribution in [1.82, 2.24) is 20.1 Å². The number of alkyl halides is 3. The molecule has 0 bridgehead atoms. The highest BCUT2D eigenvalue weighted by Crippen LogP contribution is 2.35. The number of halogens is 4. The fourth-order valence-electron chi connectivity index (χ4n) is 5.26. The summed E-state index contributed by atoms with van der Waals surface area (Å²) in [6.45, 7) is 6.64. The largest absolute Gasteiger partial charge is 0.573 e. The van der Waals surface area contributed by atoms with Gasteiger partial charge in [-0.25, -0.2) is 18.9 Å². The Labute approximate surface area is 275 Å². The summed E-state index contributed by atoms with van der Waals surface area (Å²) in [6, 6.07) is 17.8. The van der Waals surface area contributed by atoms with Crippen molar-refractivity contribution < 1.29 is 27.1 Å². The molecule has 8 nitrogen and oxygen atoms in total. The Bertz CT molecular complexity index is 1690. The van der Waals surface area contributed by atoms with Crippen LogP contribution < -0.4 is 15.0 Å². The minimum absolute atomic E-state index is 0.117. The lowest BCUT2D eigenvalue weighted by atomic mass is 9.99. The van der Waals surface area contributed by atoms with Gasteiger partial charge in [0, 0.05) is 29.6 Å². The number of carbonyl (C=O) groups excluding carboxylic acids is 1. The standard InChI is InChI=1S/C34H36F4N6O2S/c1-22(2)29-20-26(35)11-16-30(29)44-23(3)17-19-47-33(44)41-32(45)39-18-5-4-6-24-7-9-25(10-8-24)31-40-21-43(42-31)27-12-14-28(15-13-27)46-34(36,37)38/h7-16,20-23H,4-6,17-19H2,1-3H3,(H,39,45). The number of ether oxygens (including phenoxy) is 1. The lowest BCUT2D eigenvalue weighted by Gasteiger charge is -2.37. The van der Waals surface area contributed by atoms with Crippen LogP contribution in [-0.4, -0.2) is 50.7 Å². The van der Waals surface area contributed by atoms with Crippen LogP contribution in [0.4, 0.5) is 28.0 Å². The smallest absolute Gasteiger partial charge is 0.406 e. The lowest BCUT2D eigenvalue weighted by molar-refractivity contribution is -0.274. The van der Waals surface area contributed by atoms with Crippen molar-refractivity contribution in [3.05, 3.63) is 90.0 Å². The highest BCUT2D eigenvalue weighted by atomic mass is 32.2. The van der Waals surface area contributed by atoms with Gasteiger partial charge in [0.25, 0.3) is 0 Å². The summed E-state index contributed by atoms with van der Waals surface area (Å²) in [7, 11) is 0. The van der Waals surface area contributed by atoms with Gasteiger partial charge < -0.3 is 15.0 Å². The van der Waals surface area contributed by atoms with Crippen molar-refractivity contribution in [1.29, 1.82) is 0 Å². The lowest BCUT2D eigenvalue weighted by Crippen LogP contribution is -2.42. The summed E-state index contributed by atoms with van der Waals surface area (Å²) < 4.78 is 56.7. The van der Waals surface area contributed by atoms with Crippen LogP contribution in [0.1, 0.15) is 57.1 Å². The van der Waals surface area contributed by atoms with Crippen molar-refractivity contribution in [2.75, 3.05) is 17.2 Å². The Morgan fingerprint density at radius 3 is 2.53 bits per heavy atom. The molecule has 1 N–H and O–H groups in total. The molecule has 1 aliphatic heterocycles. The molecule has 2 heterocycles. The quantitative estimate of drug-likeness (QED) is 0.135. The number of thioether (sulfide) groups is 1. The monoisotopic (exact) mass is 668 g/mol. The molecule has 13 heteroatoms. The van der Waals surface area contributed by atoms with Crippen molar-refractivity contribution in [3.8, 4) is 22.8 Å². The molecule has 0 saturated carbocycles. The van der Waals surface area contributed by atoms with E-state index in [0.717, 1.165) is 53.8 Å². The predicted octanol–water partition coefficient (Wildman–Crippen LogP) is 8.52. The first-order valence-electron chi connectivity index (χ1n) is 15.4. The Morgan fingerprint density at radius 2 is 1.83 bits per heavy atom. The first-order valence-corrected chi connectivity index (χ1v) is 16.4. The Kier molecular flexibility index (Phi) is 10.8. The van der Waals surface area contributed by atoms with Gasteiger partial charge in [-0.05, 0) is 92.1 Å². The number of nitrogens with zero attached hydrogens (tertiary/aromatic N) is 5. The second kappa shape index (κ2) is 15.0. The normalized spacial score (nSPS) is 16.1. The molecule has 1 atom stereocenters. The second-order valence-corrected chi connectivity index (χ2v) is 12.6. The third-order valence-corrected chi connectivity index (χ3v) is 8.68. The van der Waals surface area contributed by atoms with Gasteiger partial charge in [0.15, 0.2) is 11.0 Å². The van der Waals surface area contributed by atoms with E-state index in [-0.39, 0.29) is 29.6 Å². The molecule has 1 saturated heterocycles. The highest BCUT2D eigenvalue weighted by molar-refractivity contribution is 8.14. The average Bonchev–Trinajstić information content (AvgIpc) is 3.52. The van der Waals surface area contributed by atoms with E-state index in [1.54, 1.807) is 12.1 Å². The van der Waals surface area contributed by atoms with Gasteiger partial charge in [-0.15, -0.1) is 18.3 Å². The third kappa shape index (κ3) is 9.12. The van der Waals surface area contributed by atoms with Crippen molar-refractivity contribution in [2.45, 2.75) is 64.8 Å². The molecule has 0 spiro atoms. The van der Waals surface area contributed by atoms with Crippen molar-refractivity contribution in [2.24, 2.45) is 4.99 Å². The van der Waals surface area contributed by atoms with E-state index in [4.69, 9.17) is 0 Å². The number of amides is 2. The SMILES string of the molecule is CC(C)c1cc(F)ccc1N1C(=NC(=O)NCCCCc2ccc(-c3ncn(-c4ccc(OC(F)(F)F)cc4)n3)cc2)SCCC1C. The van der Waals surface area contributed by atoms with Crippen LogP contribution in [0.25, 0.3) is 17.1 Å². The predicted molar refractivity (Wildman–Crippen MR) is 177 cm³/mol. The summed E-state index contributed by atoms with van der Waals surface area (Å²) in [4.78, 5) is 23.6. The molecule has 47 heavy (non-hydrogen) atoms. The molecular weight excluding hydrogens is 632 g/mol. The summed E-state index contributed by atoms with van der Waals surface area (Å²) >= 11 is 1.54. The summed E-state index contributed by atoms with van der Waals surface area (Å²) in [5, 5.41) is 7.98. The van der Waals surface area contributed by atoms with Gasteiger partial charge in [0.05, 0.1) is 5.69 Å². The average molecular weight is 669 g/mol. The maximum Gasteiger partial charge on any atom is 0.573 e. The Hall–Kier alpha value is -4.39. The number of benzene rings is 3. The van der Waals surface area contributed by atoms with Gasteiger partial charge in [0.1, 0.15) is 17.9 Å². The zero-order chi connectivity index (χ0) is 33.6. The molecule has 1 aromatic heterocycles. The number of rotatable bonds is 10. The van der Waals surface area contributed by atoms with E-state index in [9.17, 15) is 22.4 Å². The number of carbonyl (C=O) groups is 1. The minimum atomic E-state index is -4.75. The first kappa shape index (κ1) is 34.0. The molecular formula is C34H36F4N6O2S. The van der Waals surface area contributed by atoms with E-state index >= 15 is 0 Å². The number of urea groups is 1. The zero-order valence-corrected chi connectivity index (χ0v) is 27.1. The molecule has 1 fully saturated rings. The van der Waals surface area contributed by atoms with Crippen LogP contribution in [0.3, 0.4) is 0 Å². The first-order chi connectivity index (χ1) is 22.5. The minimum Gasteiger partial charge on any atom is -0.406 e. The van der Waals surface area contributed by atoms with Crippen LogP contribution >= 0.6 is 11.8 Å². The fraction of sp³-hybridized carbons (Fsp3) is 0.353. The van der Waals surface area contributed by atoms with Crippen molar-refractivity contribution in [3.63, 3.8) is 0 Å². The van der Waals surface area contributed by atoms with Gasteiger partial charge in [-0.1, -0.05) is 49.9 Å². The number of aromatic nitrogens is 3. The number of unbranched alkanes of at least 4 members (excludes halogenated alkanes) is 1. The number of nitrogens with one attached hydrogen (secondary N) is 1. The summed E-state index contributed by atoms with van der Waals surface area (Å²) in [6.07, 6.45) is 0.146. The summed E-state index contributed by atoms with van der Waals surface area (Å²) in [5.41, 5.74) is 4.25. The van der Waals surface area contributed by atoms with E-state index in [1.807, 2.05) is 38.1 Å². The van der Waals surface area contributed by atoms with E-state index in [0.29, 0.717) is 23.2 Å². The third-order valence-electron chi connectivity index (χ3n) is 7.69. The van der Waals surface area contributed by atoms with Crippen LogP contribution in [0, 0.1) is 5.82 Å². The summed E-state index contributed by atoms with van der Waals surface area (Å²) in [5.74, 6) is 0.874. The van der Waals surface area contributed by atoms with E-state index in [1.165, 1.54) is 53.1 Å². The molecule has 0 aliphatic carbocycles. The number of hydrogen-bond acceptors (Lipinski definition) is 5. The number of amidine groups is 1. The van der Waals surface area contributed by atoms with Gasteiger partial charge in [-0.3, -0.25) is 0 Å². The van der Waals surface area contributed by atoms with Crippen LogP contribution in [0.15, 0.2) is 78.0 Å². The fourth-order valence-corrected chi connectivity index (χ4v) is 6.46. The molecule has 1 aliphatic rings. The number of aryl methyl sites for hydroxylation is 1. The Morgan fingerprint density at radius 1 is 1.09 bits per heavy atom. The molecule has 1 unspecified atom stereocenters. The maximum absolute atomic E-state index is 14.0. The van der Waals surface area contributed by atoms with Crippen molar-refractivity contribution >= 4 is 28.6 Å². The number of hydrogen-bond donors (Lipinski definition) is 1.